The van der Waals surface area contributed by atoms with Crippen LogP contribution in [0.4, 0.5) is 10.5 Å². The van der Waals surface area contributed by atoms with Gasteiger partial charge in [0.05, 0.1) is 12.7 Å². The van der Waals surface area contributed by atoms with Crippen LogP contribution >= 0.6 is 0 Å². The van der Waals surface area contributed by atoms with Crippen molar-refractivity contribution in [2.75, 3.05) is 19.0 Å². The van der Waals surface area contributed by atoms with Crippen molar-refractivity contribution in [1.29, 1.82) is 0 Å². The molecule has 7 heteroatoms. The van der Waals surface area contributed by atoms with Gasteiger partial charge in [0.1, 0.15) is 13.2 Å². The molecule has 130 valence electrons. The molecular weight excluding hydrogens is 324 g/mol. The summed E-state index contributed by atoms with van der Waals surface area (Å²) in [5, 5.41) is 4.96. The lowest BCUT2D eigenvalue weighted by atomic mass is 10.2. The fraction of sp³-hybridized carbons (Fsp3) is 0.167. The average molecular weight is 342 g/mol. The summed E-state index contributed by atoms with van der Waals surface area (Å²) in [5.74, 6) is -0.872. The van der Waals surface area contributed by atoms with Gasteiger partial charge in [0.2, 0.25) is 5.91 Å². The van der Waals surface area contributed by atoms with E-state index in [1.54, 1.807) is 12.1 Å². The molecule has 2 aromatic rings. The van der Waals surface area contributed by atoms with E-state index in [0.717, 1.165) is 5.56 Å². The monoisotopic (exact) mass is 342 g/mol. The molecule has 0 bridgehead atoms. The van der Waals surface area contributed by atoms with E-state index >= 15 is 0 Å². The summed E-state index contributed by atoms with van der Waals surface area (Å²) in [6.07, 6.45) is -0.681. The first-order valence-electron chi connectivity index (χ1n) is 7.51. The van der Waals surface area contributed by atoms with Gasteiger partial charge in [-0.3, -0.25) is 4.79 Å². The summed E-state index contributed by atoms with van der Waals surface area (Å²) in [7, 11) is 1.29. The SMILES string of the molecule is COC(=O)c1ccc(NC(=O)CNC(=O)OCc2ccccc2)cc1. The summed E-state index contributed by atoms with van der Waals surface area (Å²) in [4.78, 5) is 34.7. The molecule has 0 heterocycles. The highest BCUT2D eigenvalue weighted by atomic mass is 16.5. The molecule has 25 heavy (non-hydrogen) atoms. The van der Waals surface area contributed by atoms with Crippen molar-refractivity contribution in [1.82, 2.24) is 5.32 Å². The van der Waals surface area contributed by atoms with Crippen molar-refractivity contribution in [2.24, 2.45) is 0 Å². The van der Waals surface area contributed by atoms with Crippen LogP contribution in [0, 0.1) is 0 Å². The first kappa shape index (κ1) is 18.0. The van der Waals surface area contributed by atoms with Crippen molar-refractivity contribution >= 4 is 23.7 Å². The molecule has 0 atom stereocenters. The van der Waals surface area contributed by atoms with E-state index in [9.17, 15) is 14.4 Å². The Morgan fingerprint density at radius 1 is 0.960 bits per heavy atom. The van der Waals surface area contributed by atoms with Gasteiger partial charge in [-0.2, -0.15) is 0 Å². The fourth-order valence-corrected chi connectivity index (χ4v) is 1.94. The predicted molar refractivity (Wildman–Crippen MR) is 91.0 cm³/mol. The number of amides is 2. The number of anilines is 1. The van der Waals surface area contributed by atoms with Gasteiger partial charge in [-0.15, -0.1) is 0 Å². The van der Waals surface area contributed by atoms with Crippen LogP contribution in [0.2, 0.25) is 0 Å². The number of esters is 1. The molecule has 0 aliphatic rings. The number of alkyl carbamates (subject to hydrolysis) is 1. The Labute approximate surface area is 144 Å². The van der Waals surface area contributed by atoms with Gasteiger partial charge in [-0.05, 0) is 29.8 Å². The highest BCUT2D eigenvalue weighted by molar-refractivity contribution is 5.95. The van der Waals surface area contributed by atoms with E-state index in [0.29, 0.717) is 11.3 Å². The highest BCUT2D eigenvalue weighted by Gasteiger charge is 2.08. The molecule has 0 aliphatic heterocycles. The zero-order chi connectivity index (χ0) is 18.1. The zero-order valence-electron chi connectivity index (χ0n) is 13.7. The van der Waals surface area contributed by atoms with Crippen LogP contribution < -0.4 is 10.6 Å². The number of carbonyl (C=O) groups excluding carboxylic acids is 3. The second kappa shape index (κ2) is 9.07. The molecule has 2 amide bonds. The number of methoxy groups -OCH3 is 1. The minimum Gasteiger partial charge on any atom is -0.465 e. The van der Waals surface area contributed by atoms with Crippen LogP contribution in [0.1, 0.15) is 15.9 Å². The minimum absolute atomic E-state index is 0.128. The average Bonchev–Trinajstić information content (AvgIpc) is 2.65. The van der Waals surface area contributed by atoms with Crippen LogP contribution in [0.5, 0.6) is 0 Å². The second-order valence-corrected chi connectivity index (χ2v) is 5.03. The molecule has 0 saturated carbocycles. The fourth-order valence-electron chi connectivity index (χ4n) is 1.94. The standard InChI is InChI=1S/C18H18N2O5/c1-24-17(22)14-7-9-15(10-8-14)20-16(21)11-19-18(23)25-12-13-5-3-2-4-6-13/h2-10H,11-12H2,1H3,(H,19,23)(H,20,21). The maximum Gasteiger partial charge on any atom is 0.407 e. The smallest absolute Gasteiger partial charge is 0.407 e. The van der Waals surface area contributed by atoms with E-state index in [-0.39, 0.29) is 13.2 Å². The Kier molecular flexibility index (Phi) is 6.53. The lowest BCUT2D eigenvalue weighted by Gasteiger charge is -2.08. The molecule has 2 aromatic carbocycles. The predicted octanol–water partition coefficient (Wildman–Crippen LogP) is 2.34. The largest absolute Gasteiger partial charge is 0.465 e. The Bertz CT molecular complexity index is 729. The van der Waals surface area contributed by atoms with E-state index in [1.165, 1.54) is 19.2 Å². The molecule has 0 radical (unpaired) electrons. The molecular formula is C18H18N2O5. The quantitative estimate of drug-likeness (QED) is 0.786. The molecule has 0 saturated heterocycles. The van der Waals surface area contributed by atoms with Gasteiger partial charge in [-0.25, -0.2) is 9.59 Å². The molecule has 0 fully saturated rings. The van der Waals surface area contributed by atoms with Gasteiger partial charge in [0.15, 0.2) is 0 Å². The number of benzene rings is 2. The van der Waals surface area contributed by atoms with E-state index in [2.05, 4.69) is 15.4 Å². The van der Waals surface area contributed by atoms with E-state index < -0.39 is 18.0 Å². The van der Waals surface area contributed by atoms with E-state index in [1.807, 2.05) is 30.3 Å². The summed E-state index contributed by atoms with van der Waals surface area (Å²) in [6, 6.07) is 15.4. The zero-order valence-corrected chi connectivity index (χ0v) is 13.7. The van der Waals surface area contributed by atoms with Crippen LogP contribution in [-0.4, -0.2) is 31.6 Å². The van der Waals surface area contributed by atoms with Gasteiger partial charge >= 0.3 is 12.1 Å². The Morgan fingerprint density at radius 3 is 2.28 bits per heavy atom. The van der Waals surface area contributed by atoms with Crippen molar-refractivity contribution in [2.45, 2.75) is 6.61 Å². The van der Waals surface area contributed by atoms with Gasteiger partial charge in [0.25, 0.3) is 0 Å². The Hall–Kier alpha value is -3.35. The number of carbonyl (C=O) groups is 3. The number of rotatable bonds is 6. The summed E-state index contributed by atoms with van der Waals surface area (Å²) in [5.41, 5.74) is 1.73. The number of hydrogen-bond acceptors (Lipinski definition) is 5. The highest BCUT2D eigenvalue weighted by Crippen LogP contribution is 2.10. The first-order valence-corrected chi connectivity index (χ1v) is 7.51. The molecule has 2 N–H and O–H groups in total. The summed E-state index contributed by atoms with van der Waals surface area (Å²) in [6.45, 7) is -0.102. The van der Waals surface area contributed by atoms with E-state index in [4.69, 9.17) is 4.74 Å². The Balaban J connectivity index is 1.73. The summed E-state index contributed by atoms with van der Waals surface area (Å²) < 4.78 is 9.59. The lowest BCUT2D eigenvalue weighted by Crippen LogP contribution is -2.33. The maximum atomic E-state index is 11.8. The van der Waals surface area contributed by atoms with Crippen LogP contribution in [0.25, 0.3) is 0 Å². The van der Waals surface area contributed by atoms with Gasteiger partial charge in [-0.1, -0.05) is 30.3 Å². The number of nitrogens with one attached hydrogen (secondary N) is 2. The number of hydrogen-bond donors (Lipinski definition) is 2. The van der Waals surface area contributed by atoms with Crippen molar-refractivity contribution < 1.29 is 23.9 Å². The van der Waals surface area contributed by atoms with Crippen molar-refractivity contribution in [3.8, 4) is 0 Å². The lowest BCUT2D eigenvalue weighted by molar-refractivity contribution is -0.115. The molecule has 0 aromatic heterocycles. The Morgan fingerprint density at radius 2 is 1.64 bits per heavy atom. The molecule has 0 aliphatic carbocycles. The third-order valence-corrected chi connectivity index (χ3v) is 3.20. The number of ether oxygens (including phenoxy) is 2. The second-order valence-electron chi connectivity index (χ2n) is 5.03. The maximum absolute atomic E-state index is 11.8. The first-order chi connectivity index (χ1) is 12.1. The van der Waals surface area contributed by atoms with Crippen LogP contribution in [-0.2, 0) is 20.9 Å². The van der Waals surface area contributed by atoms with Crippen molar-refractivity contribution in [3.05, 3.63) is 65.7 Å². The molecule has 0 spiro atoms. The molecule has 7 nitrogen and oxygen atoms in total. The van der Waals surface area contributed by atoms with Crippen molar-refractivity contribution in [3.63, 3.8) is 0 Å². The topological polar surface area (TPSA) is 93.7 Å². The van der Waals surface area contributed by atoms with Gasteiger partial charge < -0.3 is 20.1 Å². The third kappa shape index (κ3) is 5.98. The minimum atomic E-state index is -0.681. The normalized spacial score (nSPS) is 9.80. The molecule has 2 rings (SSSR count). The van der Waals surface area contributed by atoms with Crippen LogP contribution in [0.15, 0.2) is 54.6 Å². The van der Waals surface area contributed by atoms with Crippen LogP contribution in [0.3, 0.4) is 0 Å². The van der Waals surface area contributed by atoms with Gasteiger partial charge in [0, 0.05) is 5.69 Å². The molecule has 0 unspecified atom stereocenters. The summed E-state index contributed by atoms with van der Waals surface area (Å²) >= 11 is 0. The third-order valence-electron chi connectivity index (χ3n) is 3.20.